The number of esters is 1. The molecule has 14 heavy (non-hydrogen) atoms. The van der Waals surface area contributed by atoms with Crippen molar-refractivity contribution in [2.45, 2.75) is 31.7 Å². The van der Waals surface area contributed by atoms with Gasteiger partial charge in [-0.15, -0.1) is 0 Å². The van der Waals surface area contributed by atoms with Gasteiger partial charge < -0.3 is 15.2 Å². The van der Waals surface area contributed by atoms with Crippen molar-refractivity contribution in [1.82, 2.24) is 5.32 Å². The van der Waals surface area contributed by atoms with E-state index in [9.17, 15) is 9.59 Å². The summed E-state index contributed by atoms with van der Waals surface area (Å²) >= 11 is 0. The van der Waals surface area contributed by atoms with Crippen molar-refractivity contribution >= 4 is 12.1 Å². The van der Waals surface area contributed by atoms with Gasteiger partial charge in [-0.1, -0.05) is 6.42 Å². The van der Waals surface area contributed by atoms with Crippen LogP contribution in [0, 0.1) is 5.92 Å². The van der Waals surface area contributed by atoms with E-state index < -0.39 is 6.09 Å². The molecule has 0 spiro atoms. The predicted molar refractivity (Wildman–Crippen MR) is 48.9 cm³/mol. The molecule has 1 amide bonds. The Morgan fingerprint density at radius 1 is 1.43 bits per heavy atom. The highest BCUT2D eigenvalue weighted by Crippen LogP contribution is 2.25. The van der Waals surface area contributed by atoms with Gasteiger partial charge in [-0.25, -0.2) is 4.79 Å². The van der Waals surface area contributed by atoms with Gasteiger partial charge in [0, 0.05) is 6.04 Å². The summed E-state index contributed by atoms with van der Waals surface area (Å²) in [6.45, 7) is 0. The molecule has 1 saturated carbocycles. The van der Waals surface area contributed by atoms with Gasteiger partial charge in [0.1, 0.15) is 0 Å². The summed E-state index contributed by atoms with van der Waals surface area (Å²) in [5.74, 6) is -0.382. The molecule has 0 aromatic rings. The second-order valence-corrected chi connectivity index (χ2v) is 3.53. The minimum Gasteiger partial charge on any atom is -0.469 e. The molecular weight excluding hydrogens is 186 g/mol. The lowest BCUT2D eigenvalue weighted by atomic mass is 9.86. The first kappa shape index (κ1) is 10.8. The molecule has 2 N–H and O–H groups in total. The molecule has 0 aliphatic heterocycles. The highest BCUT2D eigenvalue weighted by Gasteiger charge is 2.28. The predicted octanol–water partition coefficient (Wildman–Crippen LogP) is 0.986. The molecule has 0 bridgehead atoms. The molecule has 5 nitrogen and oxygen atoms in total. The molecule has 0 radical (unpaired) electrons. The minimum absolute atomic E-state index is 0.106. The molecule has 1 aliphatic carbocycles. The standard InChI is InChI=1S/C9H15NO4/c1-14-8(11)6-3-2-4-7(5-6)10-9(12)13/h6-7,10H,2-5H2,1H3,(H,12,13). The van der Waals surface area contributed by atoms with E-state index in [1.54, 1.807) is 0 Å². The third-order valence-electron chi connectivity index (χ3n) is 2.54. The van der Waals surface area contributed by atoms with Gasteiger partial charge >= 0.3 is 12.1 Å². The largest absolute Gasteiger partial charge is 0.469 e. The Hall–Kier alpha value is -1.26. The highest BCUT2D eigenvalue weighted by atomic mass is 16.5. The van der Waals surface area contributed by atoms with Gasteiger partial charge in [0.15, 0.2) is 0 Å². The van der Waals surface area contributed by atoms with E-state index in [0.29, 0.717) is 6.42 Å². The first-order valence-corrected chi connectivity index (χ1v) is 4.70. The van der Waals surface area contributed by atoms with Gasteiger partial charge in [0.2, 0.25) is 0 Å². The summed E-state index contributed by atoms with van der Waals surface area (Å²) in [6, 6.07) is -0.106. The number of carbonyl (C=O) groups excluding carboxylic acids is 1. The quantitative estimate of drug-likeness (QED) is 0.653. The van der Waals surface area contributed by atoms with Crippen LogP contribution in [0.5, 0.6) is 0 Å². The van der Waals surface area contributed by atoms with Gasteiger partial charge in [0.25, 0.3) is 0 Å². The summed E-state index contributed by atoms with van der Waals surface area (Å²) in [4.78, 5) is 21.6. The number of carboxylic acid groups (broad SMARTS) is 1. The average molecular weight is 201 g/mol. The van der Waals surface area contributed by atoms with E-state index in [0.717, 1.165) is 19.3 Å². The number of hydrogen-bond acceptors (Lipinski definition) is 3. The van der Waals surface area contributed by atoms with Crippen LogP contribution in [0.15, 0.2) is 0 Å². The number of carbonyl (C=O) groups is 2. The molecule has 1 rings (SSSR count). The van der Waals surface area contributed by atoms with Crippen LogP contribution in [0.2, 0.25) is 0 Å². The van der Waals surface area contributed by atoms with Gasteiger partial charge in [-0.05, 0) is 19.3 Å². The third-order valence-corrected chi connectivity index (χ3v) is 2.54. The summed E-state index contributed by atoms with van der Waals surface area (Å²) in [7, 11) is 1.36. The summed E-state index contributed by atoms with van der Waals surface area (Å²) in [5, 5.41) is 10.9. The Morgan fingerprint density at radius 3 is 2.71 bits per heavy atom. The van der Waals surface area contributed by atoms with Crippen molar-refractivity contribution in [3.05, 3.63) is 0 Å². The Kier molecular flexibility index (Phi) is 3.73. The van der Waals surface area contributed by atoms with E-state index in [1.165, 1.54) is 7.11 Å². The SMILES string of the molecule is COC(=O)C1CCCC(NC(=O)O)C1. The van der Waals surface area contributed by atoms with Crippen molar-refractivity contribution < 1.29 is 19.4 Å². The van der Waals surface area contributed by atoms with Crippen molar-refractivity contribution in [3.8, 4) is 0 Å². The van der Waals surface area contributed by atoms with Crippen LogP contribution in [-0.4, -0.2) is 30.3 Å². The first-order valence-electron chi connectivity index (χ1n) is 4.70. The number of amides is 1. The lowest BCUT2D eigenvalue weighted by Crippen LogP contribution is -2.39. The van der Waals surface area contributed by atoms with E-state index in [1.807, 2.05) is 0 Å². The topological polar surface area (TPSA) is 75.6 Å². The lowest BCUT2D eigenvalue weighted by Gasteiger charge is -2.27. The van der Waals surface area contributed by atoms with Crippen molar-refractivity contribution in [2.24, 2.45) is 5.92 Å². The number of nitrogens with one attached hydrogen (secondary N) is 1. The normalized spacial score (nSPS) is 26.6. The molecule has 0 saturated heterocycles. The zero-order chi connectivity index (χ0) is 10.6. The fourth-order valence-corrected chi connectivity index (χ4v) is 1.88. The van der Waals surface area contributed by atoms with Crippen LogP contribution in [-0.2, 0) is 9.53 Å². The van der Waals surface area contributed by atoms with Crippen LogP contribution in [0.25, 0.3) is 0 Å². The highest BCUT2D eigenvalue weighted by molar-refractivity contribution is 5.72. The molecule has 1 fully saturated rings. The zero-order valence-electron chi connectivity index (χ0n) is 8.16. The molecule has 0 heterocycles. The van der Waals surface area contributed by atoms with Gasteiger partial charge in [-0.2, -0.15) is 0 Å². The van der Waals surface area contributed by atoms with Crippen LogP contribution >= 0.6 is 0 Å². The van der Waals surface area contributed by atoms with Crippen LogP contribution < -0.4 is 5.32 Å². The Labute approximate surface area is 82.4 Å². The smallest absolute Gasteiger partial charge is 0.404 e. The number of methoxy groups -OCH3 is 1. The number of hydrogen-bond donors (Lipinski definition) is 2. The van der Waals surface area contributed by atoms with Crippen molar-refractivity contribution in [1.29, 1.82) is 0 Å². The van der Waals surface area contributed by atoms with E-state index in [4.69, 9.17) is 5.11 Å². The molecular formula is C9H15NO4. The number of rotatable bonds is 2. The summed E-state index contributed by atoms with van der Waals surface area (Å²) in [5.41, 5.74) is 0. The van der Waals surface area contributed by atoms with Crippen LogP contribution in [0.4, 0.5) is 4.79 Å². The zero-order valence-corrected chi connectivity index (χ0v) is 8.16. The van der Waals surface area contributed by atoms with Crippen LogP contribution in [0.3, 0.4) is 0 Å². The molecule has 5 heteroatoms. The maximum Gasteiger partial charge on any atom is 0.404 e. The molecule has 0 aromatic heterocycles. The van der Waals surface area contributed by atoms with E-state index in [2.05, 4.69) is 10.1 Å². The first-order chi connectivity index (χ1) is 6.63. The Balaban J connectivity index is 2.43. The van der Waals surface area contributed by atoms with Gasteiger partial charge in [0.05, 0.1) is 13.0 Å². The molecule has 2 unspecified atom stereocenters. The Morgan fingerprint density at radius 2 is 2.14 bits per heavy atom. The average Bonchev–Trinajstić information content (AvgIpc) is 2.16. The second kappa shape index (κ2) is 4.83. The maximum absolute atomic E-state index is 11.2. The minimum atomic E-state index is -1.03. The fourth-order valence-electron chi connectivity index (χ4n) is 1.88. The summed E-state index contributed by atoms with van der Waals surface area (Å²) in [6.07, 6.45) is 1.99. The van der Waals surface area contributed by atoms with Crippen molar-refractivity contribution in [3.63, 3.8) is 0 Å². The van der Waals surface area contributed by atoms with E-state index >= 15 is 0 Å². The monoisotopic (exact) mass is 201 g/mol. The number of ether oxygens (including phenoxy) is 1. The second-order valence-electron chi connectivity index (χ2n) is 3.53. The van der Waals surface area contributed by atoms with Crippen molar-refractivity contribution in [2.75, 3.05) is 7.11 Å². The fraction of sp³-hybridized carbons (Fsp3) is 0.778. The lowest BCUT2D eigenvalue weighted by molar-refractivity contribution is -0.146. The maximum atomic E-state index is 11.2. The molecule has 1 aliphatic rings. The molecule has 0 aromatic carbocycles. The summed E-state index contributed by atoms with van der Waals surface area (Å²) < 4.78 is 4.63. The van der Waals surface area contributed by atoms with E-state index in [-0.39, 0.29) is 17.9 Å². The molecule has 80 valence electrons. The molecule has 2 atom stereocenters. The van der Waals surface area contributed by atoms with Crippen LogP contribution in [0.1, 0.15) is 25.7 Å². The Bertz CT molecular complexity index is 229. The van der Waals surface area contributed by atoms with Gasteiger partial charge in [-0.3, -0.25) is 4.79 Å². The third kappa shape index (κ3) is 2.90.